The number of rotatable bonds is 2. The summed E-state index contributed by atoms with van der Waals surface area (Å²) in [4.78, 5) is 0. The smallest absolute Gasteiger partial charge is 0.123 e. The number of para-hydroxylation sites is 1. The molecule has 0 amide bonds. The maximum absolute atomic E-state index is 9.72. The van der Waals surface area contributed by atoms with Crippen LogP contribution in [0.4, 0.5) is 0 Å². The molecule has 2 aromatic carbocycles. The summed E-state index contributed by atoms with van der Waals surface area (Å²) < 4.78 is 0. The molecule has 0 aromatic heterocycles. The first kappa shape index (κ1) is 10.5. The average Bonchev–Trinajstić information content (AvgIpc) is 2.31. The largest absolute Gasteiger partial charge is 0.507 e. The third kappa shape index (κ3) is 2.31. The van der Waals surface area contributed by atoms with Gasteiger partial charge in [-0.2, -0.15) is 0 Å². The number of hydrogen-bond donors (Lipinski definition) is 1. The van der Waals surface area contributed by atoms with Crippen LogP contribution in [-0.2, 0) is 0 Å². The molecule has 0 aliphatic rings. The molecule has 0 atom stereocenters. The van der Waals surface area contributed by atoms with Gasteiger partial charge in [-0.15, -0.1) is 0 Å². The number of hydrogen-bond acceptors (Lipinski definition) is 1. The van der Waals surface area contributed by atoms with Gasteiger partial charge >= 0.3 is 0 Å². The SMILES string of the molecule is C/C(=C/c1ccccc1)c1ccccc1O. The predicted molar refractivity (Wildman–Crippen MR) is 68.1 cm³/mol. The summed E-state index contributed by atoms with van der Waals surface area (Å²) in [6.07, 6.45) is 2.06. The van der Waals surface area contributed by atoms with Gasteiger partial charge in [-0.05, 0) is 24.1 Å². The van der Waals surface area contributed by atoms with Gasteiger partial charge in [-0.3, -0.25) is 0 Å². The van der Waals surface area contributed by atoms with Crippen LogP contribution in [0.1, 0.15) is 18.1 Å². The van der Waals surface area contributed by atoms with Gasteiger partial charge in [0, 0.05) is 5.56 Å². The zero-order valence-electron chi connectivity index (χ0n) is 9.22. The Hall–Kier alpha value is -2.02. The first-order chi connectivity index (χ1) is 7.77. The number of allylic oxidation sites excluding steroid dienone is 1. The molecule has 1 nitrogen and oxygen atoms in total. The van der Waals surface area contributed by atoms with E-state index in [0.29, 0.717) is 5.75 Å². The van der Waals surface area contributed by atoms with E-state index in [-0.39, 0.29) is 0 Å². The van der Waals surface area contributed by atoms with Crippen LogP contribution in [0.2, 0.25) is 0 Å². The monoisotopic (exact) mass is 210 g/mol. The molecule has 2 rings (SSSR count). The van der Waals surface area contributed by atoms with Crippen molar-refractivity contribution >= 4 is 11.6 Å². The molecule has 0 bridgehead atoms. The molecule has 0 saturated heterocycles. The highest BCUT2D eigenvalue weighted by Crippen LogP contribution is 2.25. The summed E-state index contributed by atoms with van der Waals surface area (Å²) in [5.74, 6) is 0.326. The first-order valence-corrected chi connectivity index (χ1v) is 5.29. The standard InChI is InChI=1S/C15H14O/c1-12(11-13-7-3-2-4-8-13)14-9-5-6-10-15(14)16/h2-11,16H,1H3/b12-11-. The van der Waals surface area contributed by atoms with Gasteiger partial charge < -0.3 is 5.11 Å². The lowest BCUT2D eigenvalue weighted by Gasteiger charge is -2.04. The van der Waals surface area contributed by atoms with Crippen molar-refractivity contribution in [3.05, 3.63) is 65.7 Å². The highest BCUT2D eigenvalue weighted by Gasteiger charge is 2.01. The summed E-state index contributed by atoms with van der Waals surface area (Å²) >= 11 is 0. The molecule has 0 fully saturated rings. The minimum absolute atomic E-state index is 0.326. The molecule has 0 heterocycles. The molecule has 2 aromatic rings. The molecule has 0 radical (unpaired) electrons. The van der Waals surface area contributed by atoms with Gasteiger partial charge in [0.1, 0.15) is 5.75 Å². The Morgan fingerprint density at radius 2 is 1.56 bits per heavy atom. The van der Waals surface area contributed by atoms with Gasteiger partial charge in [0.25, 0.3) is 0 Å². The number of benzene rings is 2. The van der Waals surface area contributed by atoms with E-state index >= 15 is 0 Å². The second-order valence-corrected chi connectivity index (χ2v) is 3.76. The first-order valence-electron chi connectivity index (χ1n) is 5.29. The van der Waals surface area contributed by atoms with E-state index < -0.39 is 0 Å². The minimum atomic E-state index is 0.326. The lowest BCUT2D eigenvalue weighted by molar-refractivity contribution is 0.473. The normalized spacial score (nSPS) is 11.4. The fraction of sp³-hybridized carbons (Fsp3) is 0.0667. The number of phenolic OH excluding ortho intramolecular Hbond substituents is 1. The van der Waals surface area contributed by atoms with Gasteiger partial charge in [-0.25, -0.2) is 0 Å². The molecular weight excluding hydrogens is 196 g/mol. The second kappa shape index (κ2) is 4.67. The highest BCUT2D eigenvalue weighted by atomic mass is 16.3. The van der Waals surface area contributed by atoms with Crippen LogP contribution in [-0.4, -0.2) is 5.11 Å². The quantitative estimate of drug-likeness (QED) is 0.744. The van der Waals surface area contributed by atoms with Crippen molar-refractivity contribution in [2.45, 2.75) is 6.92 Å². The van der Waals surface area contributed by atoms with E-state index in [4.69, 9.17) is 0 Å². The van der Waals surface area contributed by atoms with Gasteiger partial charge in [0.05, 0.1) is 0 Å². The van der Waals surface area contributed by atoms with Crippen LogP contribution in [0.5, 0.6) is 5.75 Å². The van der Waals surface area contributed by atoms with E-state index in [1.54, 1.807) is 6.07 Å². The molecule has 0 unspecified atom stereocenters. The Morgan fingerprint density at radius 3 is 2.25 bits per heavy atom. The van der Waals surface area contributed by atoms with Crippen LogP contribution >= 0.6 is 0 Å². The van der Waals surface area contributed by atoms with Crippen molar-refractivity contribution in [3.8, 4) is 5.75 Å². The summed E-state index contributed by atoms with van der Waals surface area (Å²) in [5.41, 5.74) is 3.08. The highest BCUT2D eigenvalue weighted by molar-refractivity contribution is 5.82. The number of phenols is 1. The Morgan fingerprint density at radius 1 is 0.938 bits per heavy atom. The van der Waals surface area contributed by atoms with E-state index in [1.807, 2.05) is 55.5 Å². The molecule has 0 aliphatic carbocycles. The third-order valence-electron chi connectivity index (χ3n) is 2.51. The molecular formula is C15H14O. The molecule has 16 heavy (non-hydrogen) atoms. The lowest BCUT2D eigenvalue weighted by atomic mass is 10.0. The predicted octanol–water partition coefficient (Wildman–Crippen LogP) is 3.95. The topological polar surface area (TPSA) is 20.2 Å². The fourth-order valence-corrected chi connectivity index (χ4v) is 1.68. The zero-order chi connectivity index (χ0) is 11.4. The Kier molecular flexibility index (Phi) is 3.06. The molecule has 0 spiro atoms. The number of aromatic hydroxyl groups is 1. The van der Waals surface area contributed by atoms with E-state index in [0.717, 1.165) is 16.7 Å². The lowest BCUT2D eigenvalue weighted by Crippen LogP contribution is -1.80. The van der Waals surface area contributed by atoms with Crippen molar-refractivity contribution in [3.63, 3.8) is 0 Å². The summed E-state index contributed by atoms with van der Waals surface area (Å²) in [7, 11) is 0. The van der Waals surface area contributed by atoms with E-state index in [2.05, 4.69) is 6.08 Å². The van der Waals surface area contributed by atoms with Crippen molar-refractivity contribution in [2.75, 3.05) is 0 Å². The Balaban J connectivity index is 2.36. The molecule has 1 heteroatoms. The summed E-state index contributed by atoms with van der Waals surface area (Å²) in [5, 5.41) is 9.72. The van der Waals surface area contributed by atoms with Crippen molar-refractivity contribution < 1.29 is 5.11 Å². The molecule has 80 valence electrons. The van der Waals surface area contributed by atoms with Crippen LogP contribution in [0, 0.1) is 0 Å². The van der Waals surface area contributed by atoms with Gasteiger partial charge in [-0.1, -0.05) is 54.6 Å². The summed E-state index contributed by atoms with van der Waals surface area (Å²) in [6, 6.07) is 17.5. The summed E-state index contributed by atoms with van der Waals surface area (Å²) in [6.45, 7) is 2.00. The van der Waals surface area contributed by atoms with Crippen LogP contribution in [0.3, 0.4) is 0 Å². The van der Waals surface area contributed by atoms with Crippen LogP contribution < -0.4 is 0 Å². The van der Waals surface area contributed by atoms with Gasteiger partial charge in [0.15, 0.2) is 0 Å². The fourth-order valence-electron chi connectivity index (χ4n) is 1.68. The van der Waals surface area contributed by atoms with Gasteiger partial charge in [0.2, 0.25) is 0 Å². The van der Waals surface area contributed by atoms with Crippen molar-refractivity contribution in [2.24, 2.45) is 0 Å². The molecule has 0 aliphatic heterocycles. The maximum Gasteiger partial charge on any atom is 0.123 e. The Bertz CT molecular complexity index is 498. The maximum atomic E-state index is 9.72. The molecule has 1 N–H and O–H groups in total. The molecule has 0 saturated carbocycles. The third-order valence-corrected chi connectivity index (χ3v) is 2.51. The van der Waals surface area contributed by atoms with E-state index in [1.165, 1.54) is 0 Å². The van der Waals surface area contributed by atoms with E-state index in [9.17, 15) is 5.11 Å². The average molecular weight is 210 g/mol. The van der Waals surface area contributed by atoms with Crippen molar-refractivity contribution in [1.82, 2.24) is 0 Å². The van der Waals surface area contributed by atoms with Crippen molar-refractivity contribution in [1.29, 1.82) is 0 Å². The van der Waals surface area contributed by atoms with Crippen LogP contribution in [0.25, 0.3) is 11.6 Å². The van der Waals surface area contributed by atoms with Crippen LogP contribution in [0.15, 0.2) is 54.6 Å². The second-order valence-electron chi connectivity index (χ2n) is 3.76. The Labute approximate surface area is 95.7 Å². The zero-order valence-corrected chi connectivity index (χ0v) is 9.22. The minimum Gasteiger partial charge on any atom is -0.507 e.